The van der Waals surface area contributed by atoms with Crippen LogP contribution in [0.1, 0.15) is 12.5 Å². The first kappa shape index (κ1) is 14.9. The third-order valence-corrected chi connectivity index (χ3v) is 3.14. The zero-order chi connectivity index (χ0) is 15.2. The zero-order valence-corrected chi connectivity index (χ0v) is 12.3. The van der Waals surface area contributed by atoms with Crippen molar-refractivity contribution in [3.05, 3.63) is 64.2 Å². The van der Waals surface area contributed by atoms with Crippen molar-refractivity contribution < 1.29 is 4.92 Å². The maximum absolute atomic E-state index is 10.7. The molecule has 2 aromatic carbocycles. The minimum absolute atomic E-state index is 0.0232. The molecule has 2 aromatic rings. The molecule has 0 saturated heterocycles. The molecule has 0 heterocycles. The highest BCUT2D eigenvalue weighted by atomic mass is 32.1. The first-order valence-corrected chi connectivity index (χ1v) is 6.90. The van der Waals surface area contributed by atoms with Gasteiger partial charge in [-0.05, 0) is 42.4 Å². The van der Waals surface area contributed by atoms with Crippen LogP contribution in [0.25, 0.3) is 0 Å². The molecule has 0 aliphatic heterocycles. The number of nitrogens with zero attached hydrogens (tertiary/aromatic N) is 1. The molecule has 21 heavy (non-hydrogen) atoms. The summed E-state index contributed by atoms with van der Waals surface area (Å²) in [6, 6.07) is 14.1. The van der Waals surface area contributed by atoms with Crippen molar-refractivity contribution in [2.75, 3.05) is 10.6 Å². The van der Waals surface area contributed by atoms with Gasteiger partial charge >= 0.3 is 0 Å². The minimum atomic E-state index is -0.439. The van der Waals surface area contributed by atoms with E-state index in [0.717, 1.165) is 12.1 Å². The lowest BCUT2D eigenvalue weighted by Crippen LogP contribution is -2.19. The van der Waals surface area contributed by atoms with E-state index in [1.165, 1.54) is 17.7 Å². The number of nitrogens with one attached hydrogen (secondary N) is 2. The van der Waals surface area contributed by atoms with Gasteiger partial charge in [-0.3, -0.25) is 10.1 Å². The Bertz CT molecular complexity index is 656. The van der Waals surface area contributed by atoms with Crippen molar-refractivity contribution in [3.8, 4) is 0 Å². The number of aryl methyl sites for hydroxylation is 1. The van der Waals surface area contributed by atoms with Crippen LogP contribution < -0.4 is 10.6 Å². The van der Waals surface area contributed by atoms with Gasteiger partial charge in [-0.2, -0.15) is 0 Å². The van der Waals surface area contributed by atoms with Crippen LogP contribution in [0.2, 0.25) is 0 Å². The van der Waals surface area contributed by atoms with Crippen molar-refractivity contribution in [1.29, 1.82) is 0 Å². The van der Waals surface area contributed by atoms with Crippen LogP contribution in [-0.2, 0) is 6.42 Å². The number of non-ortho nitro benzene ring substituents is 1. The number of hydrogen-bond acceptors (Lipinski definition) is 3. The van der Waals surface area contributed by atoms with Gasteiger partial charge in [0.15, 0.2) is 5.11 Å². The van der Waals surface area contributed by atoms with Crippen molar-refractivity contribution in [2.45, 2.75) is 13.3 Å². The second-order valence-electron chi connectivity index (χ2n) is 4.44. The summed E-state index contributed by atoms with van der Waals surface area (Å²) < 4.78 is 0. The Morgan fingerprint density at radius 3 is 2.43 bits per heavy atom. The molecule has 0 aromatic heterocycles. The van der Waals surface area contributed by atoms with E-state index in [1.54, 1.807) is 12.1 Å². The molecule has 0 saturated carbocycles. The lowest BCUT2D eigenvalue weighted by molar-refractivity contribution is -0.384. The van der Waals surface area contributed by atoms with Crippen molar-refractivity contribution in [1.82, 2.24) is 0 Å². The van der Waals surface area contributed by atoms with Crippen molar-refractivity contribution in [3.63, 3.8) is 0 Å². The quantitative estimate of drug-likeness (QED) is 0.508. The number of thiocarbonyl (C=S) groups is 1. The lowest BCUT2D eigenvalue weighted by atomic mass is 10.1. The van der Waals surface area contributed by atoms with Crippen LogP contribution in [0.3, 0.4) is 0 Å². The standard InChI is InChI=1S/C15H15N3O2S/c1-2-11-6-8-12(9-7-11)16-15(21)17-13-4-3-5-14(10-13)18(19)20/h3-10H,2H2,1H3,(H2,16,17,21). The van der Waals surface area contributed by atoms with E-state index in [4.69, 9.17) is 12.2 Å². The van der Waals surface area contributed by atoms with Crippen LogP contribution in [-0.4, -0.2) is 10.0 Å². The molecule has 5 nitrogen and oxygen atoms in total. The molecule has 0 bridgehead atoms. The summed E-state index contributed by atoms with van der Waals surface area (Å²) in [5, 5.41) is 17.1. The second kappa shape index (κ2) is 6.81. The largest absolute Gasteiger partial charge is 0.332 e. The molecular weight excluding hydrogens is 286 g/mol. The Labute approximate surface area is 128 Å². The minimum Gasteiger partial charge on any atom is -0.332 e. The van der Waals surface area contributed by atoms with Crippen LogP contribution in [0.5, 0.6) is 0 Å². The Kier molecular flexibility index (Phi) is 4.84. The topological polar surface area (TPSA) is 67.2 Å². The number of benzene rings is 2. The summed E-state index contributed by atoms with van der Waals surface area (Å²) in [7, 11) is 0. The van der Waals surface area contributed by atoms with E-state index < -0.39 is 4.92 Å². The van der Waals surface area contributed by atoms with Crippen LogP contribution in [0.15, 0.2) is 48.5 Å². The fraction of sp³-hybridized carbons (Fsp3) is 0.133. The molecule has 108 valence electrons. The van der Waals surface area contributed by atoms with Gasteiger partial charge < -0.3 is 10.6 Å². The summed E-state index contributed by atoms with van der Waals surface area (Å²) in [6.07, 6.45) is 0.983. The fourth-order valence-corrected chi connectivity index (χ4v) is 2.05. The van der Waals surface area contributed by atoms with Crippen molar-refractivity contribution in [2.24, 2.45) is 0 Å². The molecule has 0 radical (unpaired) electrons. The molecule has 0 aliphatic rings. The Hall–Kier alpha value is -2.47. The van der Waals surface area contributed by atoms with Crippen LogP contribution in [0, 0.1) is 10.1 Å². The van der Waals surface area contributed by atoms with Gasteiger partial charge in [-0.25, -0.2) is 0 Å². The van der Waals surface area contributed by atoms with Gasteiger partial charge in [-0.15, -0.1) is 0 Å². The normalized spacial score (nSPS) is 9.95. The van der Waals surface area contributed by atoms with E-state index in [2.05, 4.69) is 17.6 Å². The fourth-order valence-electron chi connectivity index (χ4n) is 1.81. The summed E-state index contributed by atoms with van der Waals surface area (Å²) in [6.45, 7) is 2.09. The van der Waals surface area contributed by atoms with E-state index >= 15 is 0 Å². The monoisotopic (exact) mass is 301 g/mol. The molecule has 0 fully saturated rings. The number of hydrogen-bond donors (Lipinski definition) is 2. The molecular formula is C15H15N3O2S. The Morgan fingerprint density at radius 1 is 1.14 bits per heavy atom. The van der Waals surface area contributed by atoms with Crippen molar-refractivity contribution >= 4 is 34.4 Å². The predicted octanol–water partition coefficient (Wildman–Crippen LogP) is 3.97. The highest BCUT2D eigenvalue weighted by Crippen LogP contribution is 2.17. The van der Waals surface area contributed by atoms with Gasteiger partial charge in [-0.1, -0.05) is 25.1 Å². The summed E-state index contributed by atoms with van der Waals surface area (Å²) >= 11 is 5.20. The van der Waals surface area contributed by atoms with E-state index in [9.17, 15) is 10.1 Å². The van der Waals surface area contributed by atoms with Crippen LogP contribution in [0.4, 0.5) is 17.1 Å². The molecule has 0 atom stereocenters. The summed E-state index contributed by atoms with van der Waals surface area (Å²) in [5.41, 5.74) is 2.72. The highest BCUT2D eigenvalue weighted by molar-refractivity contribution is 7.80. The van der Waals surface area contributed by atoms with Gasteiger partial charge in [0.2, 0.25) is 0 Å². The van der Waals surface area contributed by atoms with Gasteiger partial charge in [0.05, 0.1) is 4.92 Å². The molecule has 0 aliphatic carbocycles. The molecule has 2 N–H and O–H groups in total. The first-order valence-electron chi connectivity index (χ1n) is 6.50. The lowest BCUT2D eigenvalue weighted by Gasteiger charge is -2.10. The molecule has 0 spiro atoms. The Balaban J connectivity index is 2.00. The zero-order valence-electron chi connectivity index (χ0n) is 11.5. The maximum atomic E-state index is 10.7. The van der Waals surface area contributed by atoms with E-state index in [0.29, 0.717) is 10.8 Å². The summed E-state index contributed by atoms with van der Waals surface area (Å²) in [4.78, 5) is 10.3. The van der Waals surface area contributed by atoms with Gasteiger partial charge in [0, 0.05) is 23.5 Å². The summed E-state index contributed by atoms with van der Waals surface area (Å²) in [5.74, 6) is 0. The van der Waals surface area contributed by atoms with Gasteiger partial charge in [0.25, 0.3) is 5.69 Å². The number of rotatable bonds is 4. The first-order chi connectivity index (χ1) is 10.1. The third kappa shape index (κ3) is 4.25. The molecule has 0 unspecified atom stereocenters. The predicted molar refractivity (Wildman–Crippen MR) is 88.8 cm³/mol. The molecule has 6 heteroatoms. The smallest absolute Gasteiger partial charge is 0.271 e. The second-order valence-corrected chi connectivity index (χ2v) is 4.85. The maximum Gasteiger partial charge on any atom is 0.271 e. The average Bonchev–Trinajstić information content (AvgIpc) is 2.48. The SMILES string of the molecule is CCc1ccc(NC(=S)Nc2cccc([N+](=O)[O-])c2)cc1. The van der Waals surface area contributed by atoms with E-state index in [-0.39, 0.29) is 5.69 Å². The molecule has 2 rings (SSSR count). The van der Waals surface area contributed by atoms with E-state index in [1.807, 2.05) is 24.3 Å². The number of nitro benzene ring substituents is 1. The molecule has 0 amide bonds. The highest BCUT2D eigenvalue weighted by Gasteiger charge is 2.06. The van der Waals surface area contributed by atoms with Crippen LogP contribution >= 0.6 is 12.2 Å². The number of nitro groups is 1. The third-order valence-electron chi connectivity index (χ3n) is 2.93. The number of anilines is 2. The Morgan fingerprint density at radius 2 is 1.81 bits per heavy atom. The van der Waals surface area contributed by atoms with Gasteiger partial charge in [0.1, 0.15) is 0 Å². The average molecular weight is 301 g/mol.